The van der Waals surface area contributed by atoms with Crippen molar-refractivity contribution in [2.75, 3.05) is 10.8 Å². The van der Waals surface area contributed by atoms with E-state index >= 15 is 0 Å². The van der Waals surface area contributed by atoms with Crippen LogP contribution in [0.25, 0.3) is 5.69 Å². The van der Waals surface area contributed by atoms with Crippen LogP contribution in [0.15, 0.2) is 106 Å². The molecule has 3 aromatic carbocycles. The molecule has 184 valence electrons. The maximum atomic E-state index is 13.7. The van der Waals surface area contributed by atoms with Crippen molar-refractivity contribution in [2.45, 2.75) is 11.8 Å². The quantitative estimate of drug-likeness (QED) is 0.295. The Kier molecular flexibility index (Phi) is 7.16. The van der Waals surface area contributed by atoms with Crippen LogP contribution in [0.5, 0.6) is 0 Å². The summed E-state index contributed by atoms with van der Waals surface area (Å²) in [5, 5.41) is 3.92. The third-order valence-electron chi connectivity index (χ3n) is 5.59. The minimum Gasteiger partial charge on any atom is -0.283 e. The predicted octanol–water partition coefficient (Wildman–Crippen LogP) is 2.83. The van der Waals surface area contributed by atoms with Crippen molar-refractivity contribution in [1.82, 2.24) is 14.8 Å². The lowest BCUT2D eigenvalue weighted by Crippen LogP contribution is -2.42. The number of hydrogen-bond donors (Lipinski definition) is 1. The number of rotatable bonds is 8. The van der Waals surface area contributed by atoms with E-state index in [4.69, 9.17) is 0 Å². The molecule has 0 fully saturated rings. The molecule has 0 bridgehead atoms. The molecule has 0 radical (unpaired) electrons. The average Bonchev–Trinajstić information content (AvgIpc) is 3.11. The van der Waals surface area contributed by atoms with E-state index in [9.17, 15) is 18.0 Å². The van der Waals surface area contributed by atoms with E-state index < -0.39 is 28.0 Å². The van der Waals surface area contributed by atoms with Gasteiger partial charge in [0, 0.05) is 7.05 Å². The Hall–Kier alpha value is -4.44. The SMILES string of the molecule is Cc1c(N(CC(=O)N/N=C\c2ccccc2)S(=O)(=O)c2ccccc2)c(=O)n(-c2ccccc2)n1C. The predicted molar refractivity (Wildman–Crippen MR) is 139 cm³/mol. The van der Waals surface area contributed by atoms with E-state index in [0.717, 1.165) is 9.87 Å². The third-order valence-corrected chi connectivity index (χ3v) is 7.35. The highest BCUT2D eigenvalue weighted by atomic mass is 32.2. The average molecular weight is 504 g/mol. The number of nitrogens with zero attached hydrogens (tertiary/aromatic N) is 4. The van der Waals surface area contributed by atoms with E-state index in [1.807, 2.05) is 24.3 Å². The second-order valence-electron chi connectivity index (χ2n) is 7.94. The molecule has 9 nitrogen and oxygen atoms in total. The van der Waals surface area contributed by atoms with Gasteiger partial charge in [0.2, 0.25) is 0 Å². The lowest BCUT2D eigenvalue weighted by atomic mass is 10.2. The van der Waals surface area contributed by atoms with Crippen LogP contribution in [0.2, 0.25) is 0 Å². The van der Waals surface area contributed by atoms with Crippen LogP contribution >= 0.6 is 0 Å². The van der Waals surface area contributed by atoms with Gasteiger partial charge in [-0.05, 0) is 36.8 Å². The molecule has 0 unspecified atom stereocenters. The van der Waals surface area contributed by atoms with Crippen molar-refractivity contribution in [1.29, 1.82) is 0 Å². The van der Waals surface area contributed by atoms with Crippen molar-refractivity contribution < 1.29 is 13.2 Å². The highest BCUT2D eigenvalue weighted by Crippen LogP contribution is 2.25. The minimum absolute atomic E-state index is 0.0421. The fraction of sp³-hybridized carbons (Fsp3) is 0.115. The van der Waals surface area contributed by atoms with E-state index in [-0.39, 0.29) is 10.6 Å². The molecular weight excluding hydrogens is 478 g/mol. The highest BCUT2D eigenvalue weighted by molar-refractivity contribution is 7.92. The van der Waals surface area contributed by atoms with Gasteiger partial charge in [-0.1, -0.05) is 66.7 Å². The first-order valence-electron chi connectivity index (χ1n) is 11.1. The van der Waals surface area contributed by atoms with Crippen LogP contribution in [-0.4, -0.2) is 36.4 Å². The fourth-order valence-corrected chi connectivity index (χ4v) is 5.22. The summed E-state index contributed by atoms with van der Waals surface area (Å²) in [6, 6.07) is 25.7. The molecule has 10 heteroatoms. The van der Waals surface area contributed by atoms with Crippen LogP contribution in [-0.2, 0) is 21.9 Å². The van der Waals surface area contributed by atoms with Crippen molar-refractivity contribution in [3.8, 4) is 5.69 Å². The van der Waals surface area contributed by atoms with Gasteiger partial charge in [-0.2, -0.15) is 5.10 Å². The summed E-state index contributed by atoms with van der Waals surface area (Å²) in [4.78, 5) is 26.4. The van der Waals surface area contributed by atoms with E-state index in [1.54, 1.807) is 73.3 Å². The van der Waals surface area contributed by atoms with Gasteiger partial charge in [0.25, 0.3) is 21.5 Å². The number of carbonyl (C=O) groups is 1. The summed E-state index contributed by atoms with van der Waals surface area (Å²) < 4.78 is 31.1. The van der Waals surface area contributed by atoms with Crippen LogP contribution in [0, 0.1) is 6.92 Å². The Bertz CT molecular complexity index is 1540. The van der Waals surface area contributed by atoms with Crippen LogP contribution in [0.1, 0.15) is 11.3 Å². The molecule has 1 N–H and O–H groups in total. The molecule has 0 saturated heterocycles. The van der Waals surface area contributed by atoms with Crippen molar-refractivity contribution in [3.63, 3.8) is 0 Å². The summed E-state index contributed by atoms with van der Waals surface area (Å²) >= 11 is 0. The molecule has 0 saturated carbocycles. The third kappa shape index (κ3) is 4.98. The molecule has 0 aliphatic carbocycles. The normalized spacial score (nSPS) is 11.5. The van der Waals surface area contributed by atoms with Gasteiger partial charge >= 0.3 is 0 Å². The number of hydrogen-bond acceptors (Lipinski definition) is 5. The molecular formula is C26H25N5O4S. The van der Waals surface area contributed by atoms with Crippen LogP contribution in [0.4, 0.5) is 5.69 Å². The van der Waals surface area contributed by atoms with E-state index in [2.05, 4.69) is 10.5 Å². The molecule has 1 aromatic heterocycles. The maximum absolute atomic E-state index is 13.7. The second-order valence-corrected chi connectivity index (χ2v) is 9.80. The number of para-hydroxylation sites is 1. The summed E-state index contributed by atoms with van der Waals surface area (Å²) in [6.07, 6.45) is 1.45. The van der Waals surface area contributed by atoms with Crippen LogP contribution < -0.4 is 15.3 Å². The number of anilines is 1. The van der Waals surface area contributed by atoms with Crippen molar-refractivity contribution in [3.05, 3.63) is 113 Å². The van der Waals surface area contributed by atoms with Gasteiger partial charge in [-0.15, -0.1) is 0 Å². The Morgan fingerprint density at radius 3 is 2.11 bits per heavy atom. The monoisotopic (exact) mass is 503 g/mol. The number of sulfonamides is 1. The largest absolute Gasteiger partial charge is 0.296 e. The Balaban J connectivity index is 1.75. The fourth-order valence-electron chi connectivity index (χ4n) is 3.73. The molecule has 1 amide bonds. The van der Waals surface area contributed by atoms with Gasteiger partial charge in [0.05, 0.1) is 22.5 Å². The van der Waals surface area contributed by atoms with Crippen molar-refractivity contribution >= 4 is 27.8 Å². The van der Waals surface area contributed by atoms with Crippen LogP contribution in [0.3, 0.4) is 0 Å². The lowest BCUT2D eigenvalue weighted by molar-refractivity contribution is -0.119. The summed E-state index contributed by atoms with van der Waals surface area (Å²) in [5.41, 5.74) is 3.37. The molecule has 0 atom stereocenters. The van der Waals surface area contributed by atoms with E-state index in [1.165, 1.54) is 23.0 Å². The number of aromatic nitrogens is 2. The lowest BCUT2D eigenvalue weighted by Gasteiger charge is -2.22. The van der Waals surface area contributed by atoms with Gasteiger partial charge in [-0.25, -0.2) is 22.8 Å². The van der Waals surface area contributed by atoms with Gasteiger partial charge in [0.15, 0.2) is 0 Å². The highest BCUT2D eigenvalue weighted by Gasteiger charge is 2.33. The number of nitrogens with one attached hydrogen (secondary N) is 1. The zero-order valence-electron chi connectivity index (χ0n) is 19.8. The molecule has 0 spiro atoms. The first-order chi connectivity index (χ1) is 17.3. The Morgan fingerprint density at radius 2 is 1.50 bits per heavy atom. The Morgan fingerprint density at radius 1 is 0.944 bits per heavy atom. The first kappa shape index (κ1) is 24.7. The molecule has 36 heavy (non-hydrogen) atoms. The molecule has 4 aromatic rings. The number of carbonyl (C=O) groups excluding carboxylic acids is 1. The topological polar surface area (TPSA) is 106 Å². The van der Waals surface area contributed by atoms with E-state index in [0.29, 0.717) is 11.4 Å². The zero-order valence-corrected chi connectivity index (χ0v) is 20.6. The summed E-state index contributed by atoms with van der Waals surface area (Å²) in [6.45, 7) is 0.993. The minimum atomic E-state index is -4.26. The molecule has 0 aliphatic rings. The van der Waals surface area contributed by atoms with Gasteiger partial charge in [0.1, 0.15) is 12.2 Å². The first-order valence-corrected chi connectivity index (χ1v) is 12.5. The van der Waals surface area contributed by atoms with Gasteiger partial charge in [-0.3, -0.25) is 14.3 Å². The molecule has 0 aliphatic heterocycles. The summed E-state index contributed by atoms with van der Waals surface area (Å²) in [5.74, 6) is -0.699. The Labute approximate surface area is 209 Å². The standard InChI is InChI=1S/C26H25N5O4S/c1-20-25(26(33)31(29(20)2)22-14-8-4-9-15-22)30(36(34,35)23-16-10-5-11-17-23)19-24(32)28-27-18-21-12-6-3-7-13-21/h3-18H,19H2,1-2H3,(H,28,32)/b27-18-. The van der Waals surface area contributed by atoms with Gasteiger partial charge < -0.3 is 0 Å². The number of amides is 1. The smallest absolute Gasteiger partial charge is 0.283 e. The second kappa shape index (κ2) is 10.4. The number of benzene rings is 3. The zero-order chi connectivity index (χ0) is 25.7. The van der Waals surface area contributed by atoms with Crippen molar-refractivity contribution in [2.24, 2.45) is 12.1 Å². The summed E-state index contributed by atoms with van der Waals surface area (Å²) in [7, 11) is -2.61. The molecule has 1 heterocycles. The maximum Gasteiger partial charge on any atom is 0.296 e. The molecule has 4 rings (SSSR count). The number of hydrazone groups is 1.